The largest absolute Gasteiger partial charge is 0.491 e. The number of halogens is 2. The van der Waals surface area contributed by atoms with Gasteiger partial charge in [-0.3, -0.25) is 0 Å². The highest BCUT2D eigenvalue weighted by molar-refractivity contribution is 5.85. The summed E-state index contributed by atoms with van der Waals surface area (Å²) in [6.45, 7) is 3.38. The third-order valence-electron chi connectivity index (χ3n) is 1.85. The quantitative estimate of drug-likeness (QED) is 0.868. The van der Waals surface area contributed by atoms with Crippen LogP contribution in [0.4, 0.5) is 4.39 Å². The monoisotopic (exact) mass is 233 g/mol. The molecule has 0 fully saturated rings. The number of ether oxygens (including phenoxy) is 1. The highest BCUT2D eigenvalue weighted by Gasteiger charge is 2.05. The predicted octanol–water partition coefficient (Wildman–Crippen LogP) is 2.86. The maximum atomic E-state index is 12.2. The van der Waals surface area contributed by atoms with E-state index in [4.69, 9.17) is 10.5 Å². The van der Waals surface area contributed by atoms with E-state index < -0.39 is 12.7 Å². The van der Waals surface area contributed by atoms with Gasteiger partial charge < -0.3 is 10.5 Å². The lowest BCUT2D eigenvalue weighted by atomic mass is 10.1. The first-order chi connectivity index (χ1) is 6.63. The molecular formula is C11H17ClFNO. The molecule has 2 nitrogen and oxygen atoms in total. The summed E-state index contributed by atoms with van der Waals surface area (Å²) >= 11 is 0. The zero-order valence-electron chi connectivity index (χ0n) is 8.94. The molecule has 0 aliphatic rings. The molecule has 0 aliphatic carbocycles. The smallest absolute Gasteiger partial charge is 0.119 e. The van der Waals surface area contributed by atoms with Crippen molar-refractivity contribution in [2.45, 2.75) is 26.0 Å². The normalized spacial score (nSPS) is 12.1. The minimum atomic E-state index is -0.537. The fraction of sp³-hybridized carbons (Fsp3) is 0.455. The molecule has 86 valence electrons. The minimum absolute atomic E-state index is 0. The van der Waals surface area contributed by atoms with Gasteiger partial charge in [-0.1, -0.05) is 12.1 Å². The maximum absolute atomic E-state index is 12.2. The second-order valence-electron chi connectivity index (χ2n) is 3.50. The molecule has 0 unspecified atom stereocenters. The van der Waals surface area contributed by atoms with Gasteiger partial charge in [0.25, 0.3) is 0 Å². The standard InChI is InChI=1S/C11H16FNO.ClH/c1-8(2)14-10-5-3-9(4-6-10)11(13)7-12;/h3-6,8,11H,7,13H2,1-2H3;1H/t11-;/m0./s1. The molecule has 0 saturated heterocycles. The fourth-order valence-electron chi connectivity index (χ4n) is 1.15. The molecule has 0 bridgehead atoms. The molecule has 1 aromatic rings. The molecule has 0 amide bonds. The number of hydrogen-bond acceptors (Lipinski definition) is 2. The van der Waals surface area contributed by atoms with Gasteiger partial charge >= 0.3 is 0 Å². The Labute approximate surface area is 96.0 Å². The molecule has 0 saturated carbocycles. The van der Waals surface area contributed by atoms with Gasteiger partial charge in [0, 0.05) is 0 Å². The average molecular weight is 234 g/mol. The zero-order chi connectivity index (χ0) is 10.6. The average Bonchev–Trinajstić information content (AvgIpc) is 2.17. The van der Waals surface area contributed by atoms with Crippen molar-refractivity contribution in [1.29, 1.82) is 0 Å². The van der Waals surface area contributed by atoms with Gasteiger partial charge in [0.15, 0.2) is 0 Å². The summed E-state index contributed by atoms with van der Waals surface area (Å²) in [5, 5.41) is 0. The van der Waals surface area contributed by atoms with Gasteiger partial charge in [-0.25, -0.2) is 4.39 Å². The summed E-state index contributed by atoms with van der Waals surface area (Å²) < 4.78 is 17.7. The Kier molecular flexibility index (Phi) is 6.29. The Morgan fingerprint density at radius 2 is 1.80 bits per heavy atom. The molecule has 1 rings (SSSR count). The lowest BCUT2D eigenvalue weighted by molar-refractivity contribution is 0.242. The van der Waals surface area contributed by atoms with E-state index in [0.717, 1.165) is 11.3 Å². The van der Waals surface area contributed by atoms with E-state index in [1.807, 2.05) is 26.0 Å². The van der Waals surface area contributed by atoms with Crippen molar-refractivity contribution >= 4 is 12.4 Å². The molecule has 1 atom stereocenters. The van der Waals surface area contributed by atoms with Gasteiger partial charge in [0.05, 0.1) is 12.1 Å². The number of benzene rings is 1. The Morgan fingerprint density at radius 3 is 2.20 bits per heavy atom. The number of alkyl halides is 1. The molecule has 4 heteroatoms. The Hall–Kier alpha value is -0.800. The van der Waals surface area contributed by atoms with Crippen molar-refractivity contribution in [3.8, 4) is 5.75 Å². The van der Waals surface area contributed by atoms with E-state index in [1.54, 1.807) is 12.1 Å². The minimum Gasteiger partial charge on any atom is -0.491 e. The van der Waals surface area contributed by atoms with Gasteiger partial charge in [-0.15, -0.1) is 12.4 Å². The van der Waals surface area contributed by atoms with Crippen molar-refractivity contribution in [3.63, 3.8) is 0 Å². The molecule has 1 aromatic carbocycles. The first-order valence-electron chi connectivity index (χ1n) is 4.71. The van der Waals surface area contributed by atoms with Crippen LogP contribution >= 0.6 is 12.4 Å². The zero-order valence-corrected chi connectivity index (χ0v) is 9.76. The van der Waals surface area contributed by atoms with E-state index >= 15 is 0 Å². The van der Waals surface area contributed by atoms with Gasteiger partial charge in [0.1, 0.15) is 12.4 Å². The number of nitrogens with two attached hydrogens (primary N) is 1. The third-order valence-corrected chi connectivity index (χ3v) is 1.85. The summed E-state index contributed by atoms with van der Waals surface area (Å²) in [5.74, 6) is 0.787. The number of hydrogen-bond donors (Lipinski definition) is 1. The van der Waals surface area contributed by atoms with Crippen LogP contribution in [0.2, 0.25) is 0 Å². The molecule has 2 N–H and O–H groups in total. The predicted molar refractivity (Wildman–Crippen MR) is 62.4 cm³/mol. The molecule has 0 aromatic heterocycles. The van der Waals surface area contributed by atoms with Gasteiger partial charge in [0.2, 0.25) is 0 Å². The molecule has 0 heterocycles. The molecule has 15 heavy (non-hydrogen) atoms. The summed E-state index contributed by atoms with van der Waals surface area (Å²) in [7, 11) is 0. The second-order valence-corrected chi connectivity index (χ2v) is 3.50. The van der Waals surface area contributed by atoms with Crippen molar-refractivity contribution in [2.24, 2.45) is 5.73 Å². The van der Waals surface area contributed by atoms with Gasteiger partial charge in [-0.2, -0.15) is 0 Å². The second kappa shape index (κ2) is 6.64. The van der Waals surface area contributed by atoms with Crippen LogP contribution in [0.3, 0.4) is 0 Å². The summed E-state index contributed by atoms with van der Waals surface area (Å²) in [4.78, 5) is 0. The van der Waals surface area contributed by atoms with Crippen LogP contribution in [0.25, 0.3) is 0 Å². The van der Waals surface area contributed by atoms with Crippen LogP contribution in [0.5, 0.6) is 5.75 Å². The summed E-state index contributed by atoms with van der Waals surface area (Å²) in [6.07, 6.45) is 0.149. The first kappa shape index (κ1) is 14.2. The molecular weight excluding hydrogens is 217 g/mol. The SMILES string of the molecule is CC(C)Oc1ccc([C@@H](N)CF)cc1.Cl. The van der Waals surface area contributed by atoms with Crippen molar-refractivity contribution < 1.29 is 9.13 Å². The van der Waals surface area contributed by atoms with Crippen LogP contribution in [-0.2, 0) is 0 Å². The lowest BCUT2D eigenvalue weighted by Crippen LogP contribution is -2.12. The van der Waals surface area contributed by atoms with Crippen molar-refractivity contribution in [2.75, 3.05) is 6.67 Å². The summed E-state index contributed by atoms with van der Waals surface area (Å²) in [6, 6.07) is 6.68. The van der Waals surface area contributed by atoms with Crippen LogP contribution in [0.1, 0.15) is 25.5 Å². The lowest BCUT2D eigenvalue weighted by Gasteiger charge is -2.11. The highest BCUT2D eigenvalue weighted by atomic mass is 35.5. The Balaban J connectivity index is 0.00000196. The van der Waals surface area contributed by atoms with Crippen LogP contribution in [-0.4, -0.2) is 12.8 Å². The molecule has 0 radical (unpaired) electrons. The van der Waals surface area contributed by atoms with E-state index in [0.29, 0.717) is 0 Å². The van der Waals surface area contributed by atoms with Crippen LogP contribution in [0, 0.1) is 0 Å². The van der Waals surface area contributed by atoms with Crippen molar-refractivity contribution in [3.05, 3.63) is 29.8 Å². The third kappa shape index (κ3) is 4.49. The molecule has 0 aliphatic heterocycles. The topological polar surface area (TPSA) is 35.2 Å². The van der Waals surface area contributed by atoms with Crippen molar-refractivity contribution in [1.82, 2.24) is 0 Å². The van der Waals surface area contributed by atoms with Crippen LogP contribution < -0.4 is 10.5 Å². The van der Waals surface area contributed by atoms with E-state index in [9.17, 15) is 4.39 Å². The van der Waals surface area contributed by atoms with E-state index in [2.05, 4.69) is 0 Å². The highest BCUT2D eigenvalue weighted by Crippen LogP contribution is 2.17. The van der Waals surface area contributed by atoms with E-state index in [1.165, 1.54) is 0 Å². The Morgan fingerprint density at radius 1 is 1.27 bits per heavy atom. The summed E-state index contributed by atoms with van der Waals surface area (Å²) in [5.41, 5.74) is 6.32. The maximum Gasteiger partial charge on any atom is 0.119 e. The number of rotatable bonds is 4. The first-order valence-corrected chi connectivity index (χ1v) is 4.71. The molecule has 0 spiro atoms. The van der Waals surface area contributed by atoms with E-state index in [-0.39, 0.29) is 18.5 Å². The Bertz CT molecular complexity index is 276. The van der Waals surface area contributed by atoms with Crippen LogP contribution in [0.15, 0.2) is 24.3 Å². The fourth-order valence-corrected chi connectivity index (χ4v) is 1.15. The van der Waals surface area contributed by atoms with Gasteiger partial charge in [-0.05, 0) is 31.5 Å².